The second-order valence-corrected chi connectivity index (χ2v) is 17.4. The van der Waals surface area contributed by atoms with Crippen LogP contribution in [0.1, 0.15) is 73.6 Å². The maximum absolute atomic E-state index is 12.8. The molecule has 2 aromatic carbocycles. The molecule has 11 heteroatoms. The first-order chi connectivity index (χ1) is 26.1. The second-order valence-electron chi connectivity index (χ2n) is 17.4. The highest BCUT2D eigenvalue weighted by molar-refractivity contribution is 5.96. The summed E-state index contributed by atoms with van der Waals surface area (Å²) in [5, 5.41) is 22.0. The fourth-order valence-corrected chi connectivity index (χ4v) is 11.8. The number of aromatic hydroxyl groups is 2. The van der Waals surface area contributed by atoms with Gasteiger partial charge in [-0.15, -0.1) is 0 Å². The van der Waals surface area contributed by atoms with Gasteiger partial charge < -0.3 is 46.5 Å². The molecular formula is C44H55ClN2O8. The van der Waals surface area contributed by atoms with E-state index in [2.05, 4.69) is 29.2 Å². The number of hydrogen-bond acceptors (Lipinski definition) is 9. The summed E-state index contributed by atoms with van der Waals surface area (Å²) in [6, 6.07) is 8.70. The Morgan fingerprint density at radius 1 is 0.727 bits per heavy atom. The molecule has 2 aromatic rings. The zero-order valence-electron chi connectivity index (χ0n) is 32.5. The number of rotatable bonds is 8. The molecule has 8 aliphatic rings. The SMILES string of the molecule is COC1=CC2[C@@H]3Cc4ccc(OC)c(O)c4[C@]2(CCN3CC2CC2)CC1=O.COC1=CC2[C@@H]3Cc4ccc(OC)c(O)c4[C@]2(CC[NH+]3CC2CC2)CC1=O.[Cl-]. The van der Waals surface area contributed by atoms with Gasteiger partial charge in [0.05, 0.1) is 47.6 Å². The van der Waals surface area contributed by atoms with Gasteiger partial charge >= 0.3 is 0 Å². The third-order valence-electron chi connectivity index (χ3n) is 14.7. The molecule has 3 N–H and O–H groups in total. The number of ether oxygens (including phenoxy) is 4. The molecular weight excluding hydrogens is 720 g/mol. The number of phenols is 2. The van der Waals surface area contributed by atoms with E-state index in [9.17, 15) is 19.8 Å². The Balaban J connectivity index is 0.000000153. The van der Waals surface area contributed by atoms with Crippen LogP contribution < -0.4 is 26.8 Å². The largest absolute Gasteiger partial charge is 1.00 e. The van der Waals surface area contributed by atoms with Gasteiger partial charge in [-0.05, 0) is 86.4 Å². The number of hydrogen-bond donors (Lipinski definition) is 3. The van der Waals surface area contributed by atoms with E-state index in [1.54, 1.807) is 33.3 Å². The zero-order chi connectivity index (χ0) is 37.5. The fraction of sp³-hybridized carbons (Fsp3) is 0.591. The maximum atomic E-state index is 12.8. The van der Waals surface area contributed by atoms with E-state index >= 15 is 0 Å². The molecule has 2 aliphatic heterocycles. The van der Waals surface area contributed by atoms with E-state index in [0.29, 0.717) is 47.9 Å². The number of nitrogens with one attached hydrogen (secondary N) is 1. The number of allylic oxidation sites excluding steroid dienone is 2. The van der Waals surface area contributed by atoms with Gasteiger partial charge in [-0.1, -0.05) is 12.1 Å². The second kappa shape index (κ2) is 14.3. The van der Waals surface area contributed by atoms with Crippen LogP contribution in [0.15, 0.2) is 47.9 Å². The summed E-state index contributed by atoms with van der Waals surface area (Å²) in [5.41, 5.74) is 3.56. The van der Waals surface area contributed by atoms with E-state index < -0.39 is 0 Å². The van der Waals surface area contributed by atoms with Gasteiger partial charge in [-0.25, -0.2) is 0 Å². The van der Waals surface area contributed by atoms with Gasteiger partial charge in [0.2, 0.25) is 0 Å². The van der Waals surface area contributed by atoms with Gasteiger partial charge in [0.1, 0.15) is 0 Å². The van der Waals surface area contributed by atoms with Crippen molar-refractivity contribution >= 4 is 11.6 Å². The number of ketones is 2. The van der Waals surface area contributed by atoms with Crippen molar-refractivity contribution < 1.29 is 56.1 Å². The lowest BCUT2D eigenvalue weighted by Gasteiger charge is -2.57. The number of piperidine rings is 2. The molecule has 10 rings (SSSR count). The zero-order valence-corrected chi connectivity index (χ0v) is 33.3. The van der Waals surface area contributed by atoms with Crippen LogP contribution in [-0.4, -0.2) is 93.4 Å². The number of carbonyl (C=O) groups is 2. The average molecular weight is 775 g/mol. The van der Waals surface area contributed by atoms with Crippen LogP contribution in [0.25, 0.3) is 0 Å². The lowest BCUT2D eigenvalue weighted by molar-refractivity contribution is -0.938. The molecule has 2 saturated carbocycles. The van der Waals surface area contributed by atoms with Crippen LogP contribution in [0.2, 0.25) is 0 Å². The Morgan fingerprint density at radius 3 is 1.82 bits per heavy atom. The van der Waals surface area contributed by atoms with Gasteiger partial charge in [0.15, 0.2) is 46.1 Å². The highest BCUT2D eigenvalue weighted by atomic mass is 35.5. The number of quaternary nitrogens is 1. The first-order valence-electron chi connectivity index (χ1n) is 20.1. The predicted molar refractivity (Wildman–Crippen MR) is 201 cm³/mol. The van der Waals surface area contributed by atoms with Crippen molar-refractivity contribution in [2.24, 2.45) is 23.7 Å². The van der Waals surface area contributed by atoms with Crippen molar-refractivity contribution in [1.29, 1.82) is 0 Å². The monoisotopic (exact) mass is 774 g/mol. The molecule has 7 atom stereocenters. The summed E-state index contributed by atoms with van der Waals surface area (Å²) in [4.78, 5) is 29.9. The lowest BCUT2D eigenvalue weighted by Crippen LogP contribution is -3.19. The smallest absolute Gasteiger partial charge is 0.197 e. The van der Waals surface area contributed by atoms with Crippen LogP contribution in [-0.2, 0) is 42.7 Å². The van der Waals surface area contributed by atoms with Crippen LogP contribution in [0.3, 0.4) is 0 Å². The summed E-state index contributed by atoms with van der Waals surface area (Å²) in [6.07, 6.45) is 14.0. The Morgan fingerprint density at radius 2 is 1.27 bits per heavy atom. The topological polar surface area (TPSA) is 119 Å². The van der Waals surface area contributed by atoms with Crippen LogP contribution in [0.4, 0.5) is 0 Å². The number of nitrogens with zero attached hydrogens (tertiary/aromatic N) is 1. The van der Waals surface area contributed by atoms with E-state index in [1.165, 1.54) is 37.8 Å². The number of phenolic OH excluding ortho intramolecular Hbond substituents is 2. The highest BCUT2D eigenvalue weighted by Crippen LogP contribution is 2.59. The first-order valence-corrected chi connectivity index (χ1v) is 20.1. The standard InChI is InChI=1S/2C22H27NO4.ClH/c2*1-26-18-6-5-14-9-16-15-10-19(27-2)17(24)11-22(15,20(14)21(18)25)7-8-23(16)12-13-3-4-13;/h2*5-6,10,13,15-16,25H,3-4,7-9,11-12H2,1-2H3;1H/t2*15?,16-,22+;/m00./s1. The van der Waals surface area contributed by atoms with Gasteiger partial charge in [0, 0.05) is 78.0 Å². The number of carbonyl (C=O) groups excluding carboxylic acids is 2. The van der Waals surface area contributed by atoms with E-state index in [-0.39, 0.29) is 58.1 Å². The average Bonchev–Trinajstić information content (AvgIpc) is 4.11. The summed E-state index contributed by atoms with van der Waals surface area (Å²) < 4.78 is 21.6. The Labute approximate surface area is 330 Å². The number of benzene rings is 2. The van der Waals surface area contributed by atoms with Crippen molar-refractivity contribution in [2.75, 3.05) is 54.6 Å². The van der Waals surface area contributed by atoms with Crippen molar-refractivity contribution in [2.45, 2.75) is 87.1 Å². The highest BCUT2D eigenvalue weighted by Gasteiger charge is 2.60. The molecule has 0 spiro atoms. The predicted octanol–water partition coefficient (Wildman–Crippen LogP) is 1.18. The molecule has 4 fully saturated rings. The van der Waals surface area contributed by atoms with Crippen LogP contribution >= 0.6 is 0 Å². The molecule has 0 aromatic heterocycles. The van der Waals surface area contributed by atoms with E-state index in [4.69, 9.17) is 18.9 Å². The number of Topliss-reactive ketones (excluding diaryl/α,β-unsaturated/α-hetero) is 2. The van der Waals surface area contributed by atoms with E-state index in [1.807, 2.05) is 12.1 Å². The quantitative estimate of drug-likeness (QED) is 0.364. The number of likely N-dealkylation sites (tertiary alicyclic amines) is 2. The number of methoxy groups -OCH3 is 4. The Kier molecular flexibility index (Phi) is 9.94. The maximum Gasteiger partial charge on any atom is 0.197 e. The third-order valence-corrected chi connectivity index (χ3v) is 14.7. The molecule has 3 unspecified atom stereocenters. The Bertz CT molecular complexity index is 1800. The summed E-state index contributed by atoms with van der Waals surface area (Å²) >= 11 is 0. The molecule has 2 heterocycles. The molecule has 0 radical (unpaired) electrons. The van der Waals surface area contributed by atoms with E-state index in [0.717, 1.165) is 73.8 Å². The Hall–Kier alpha value is -3.73. The normalized spacial score (nSPS) is 32.8. The minimum absolute atomic E-state index is 0. The van der Waals surface area contributed by atoms with Gasteiger partial charge in [-0.2, -0.15) is 0 Å². The third kappa shape index (κ3) is 6.13. The van der Waals surface area contributed by atoms with Crippen molar-refractivity contribution in [3.63, 3.8) is 0 Å². The van der Waals surface area contributed by atoms with Crippen molar-refractivity contribution in [3.8, 4) is 23.0 Å². The molecule has 296 valence electrons. The van der Waals surface area contributed by atoms with Crippen molar-refractivity contribution in [3.05, 3.63) is 70.2 Å². The first kappa shape index (κ1) is 38.2. The summed E-state index contributed by atoms with van der Waals surface area (Å²) in [5.74, 6) is 4.62. The molecule has 55 heavy (non-hydrogen) atoms. The van der Waals surface area contributed by atoms with Crippen molar-refractivity contribution in [1.82, 2.24) is 4.90 Å². The van der Waals surface area contributed by atoms with Crippen LogP contribution in [0.5, 0.6) is 23.0 Å². The molecule has 10 nitrogen and oxygen atoms in total. The van der Waals surface area contributed by atoms with Gasteiger partial charge in [0.25, 0.3) is 0 Å². The summed E-state index contributed by atoms with van der Waals surface area (Å²) in [6.45, 7) is 4.44. The number of fused-ring (bicyclic) bond motifs is 2. The molecule has 6 aliphatic carbocycles. The van der Waals surface area contributed by atoms with Crippen LogP contribution in [0, 0.1) is 23.7 Å². The molecule has 2 saturated heterocycles. The minimum atomic E-state index is -0.351. The minimum Gasteiger partial charge on any atom is -1.00 e. The summed E-state index contributed by atoms with van der Waals surface area (Å²) in [7, 11) is 6.33. The number of halogens is 1. The lowest BCUT2D eigenvalue weighted by atomic mass is 9.53. The molecule has 4 bridgehead atoms. The molecule has 0 amide bonds. The fourth-order valence-electron chi connectivity index (χ4n) is 11.8. The van der Waals surface area contributed by atoms with Gasteiger partial charge in [-0.3, -0.25) is 14.5 Å².